The number of hydrogen-bond donors (Lipinski definition) is 2. The summed E-state index contributed by atoms with van der Waals surface area (Å²) in [5.74, 6) is -2.55. The minimum absolute atomic E-state index is 0. The number of hydrogen-bond acceptors (Lipinski definition) is 2. The van der Waals surface area contributed by atoms with Gasteiger partial charge in [-0.2, -0.15) is 0 Å². The van der Waals surface area contributed by atoms with Gasteiger partial charge >= 0.3 is 30.8 Å². The van der Waals surface area contributed by atoms with Crippen molar-refractivity contribution in [2.45, 2.75) is 76.5 Å². The smallest absolute Gasteiger partial charge is 1.00 e. The van der Waals surface area contributed by atoms with E-state index in [1.807, 2.05) is 0 Å². The van der Waals surface area contributed by atoms with Gasteiger partial charge in [0.15, 0.2) is 5.41 Å². The Morgan fingerprint density at radius 1 is 0.840 bits per heavy atom. The molecule has 0 amide bonds. The Balaban J connectivity index is 0. The van der Waals surface area contributed by atoms with Crippen molar-refractivity contribution >= 4 is 11.9 Å². The number of aliphatic carboxylic acids is 2. The van der Waals surface area contributed by atoms with Crippen molar-refractivity contribution in [3.8, 4) is 0 Å². The molecule has 0 spiro atoms. The summed E-state index contributed by atoms with van der Waals surface area (Å²) < 4.78 is 0. The Hall–Kier alpha value is -1.24. The zero-order chi connectivity index (χ0) is 17.8. The minimum Gasteiger partial charge on any atom is -1.00 e. The Morgan fingerprint density at radius 3 is 1.72 bits per heavy atom. The van der Waals surface area contributed by atoms with E-state index in [9.17, 15) is 19.8 Å². The molecule has 0 saturated heterocycles. The normalized spacial score (nSPS) is 10.9. The zero-order valence-electron chi connectivity index (χ0n) is 16.7. The SMILES string of the molecule is CCCCCCCCCCCC(C(=O)O)(C(=O)O)c1ccccc1.[H-].[Li+]. The van der Waals surface area contributed by atoms with Gasteiger partial charge in [0, 0.05) is 0 Å². The summed E-state index contributed by atoms with van der Waals surface area (Å²) >= 11 is 0. The van der Waals surface area contributed by atoms with Crippen LogP contribution in [-0.2, 0) is 15.0 Å². The minimum atomic E-state index is -1.83. The first-order valence-electron chi connectivity index (χ1n) is 9.08. The van der Waals surface area contributed by atoms with E-state index in [1.54, 1.807) is 30.3 Å². The number of unbranched alkanes of at least 4 members (excludes halogenated alkanes) is 8. The standard InChI is InChI=1S/C20H30O4.Li.H/c1-2-3-4-5-6-7-8-9-13-16-20(18(21)22,19(23)24)17-14-11-10-12-15-17;;/h10-12,14-15H,2-9,13,16H2,1H3,(H,21,22)(H,23,24);;/q;+1;-1. The van der Waals surface area contributed by atoms with Gasteiger partial charge < -0.3 is 11.6 Å². The Labute approximate surface area is 164 Å². The summed E-state index contributed by atoms with van der Waals surface area (Å²) in [5, 5.41) is 19.2. The molecular formula is C20H31LiO4. The molecule has 5 heteroatoms. The maximum Gasteiger partial charge on any atom is 1.00 e. The molecule has 0 aliphatic carbocycles. The van der Waals surface area contributed by atoms with E-state index >= 15 is 0 Å². The molecule has 0 fully saturated rings. The Kier molecular flexibility index (Phi) is 12.4. The van der Waals surface area contributed by atoms with Gasteiger partial charge in [-0.1, -0.05) is 95.0 Å². The average molecular weight is 342 g/mol. The van der Waals surface area contributed by atoms with Crippen molar-refractivity contribution in [2.24, 2.45) is 0 Å². The molecule has 0 heterocycles. The van der Waals surface area contributed by atoms with E-state index in [0.717, 1.165) is 19.3 Å². The van der Waals surface area contributed by atoms with Crippen molar-refractivity contribution < 1.29 is 40.1 Å². The van der Waals surface area contributed by atoms with Gasteiger partial charge in [0.1, 0.15) is 0 Å². The summed E-state index contributed by atoms with van der Waals surface area (Å²) in [6.07, 6.45) is 10.1. The van der Waals surface area contributed by atoms with Crippen molar-refractivity contribution in [3.05, 3.63) is 35.9 Å². The summed E-state index contributed by atoms with van der Waals surface area (Å²) in [5.41, 5.74) is -1.48. The van der Waals surface area contributed by atoms with E-state index in [2.05, 4.69) is 6.92 Å². The van der Waals surface area contributed by atoms with Gasteiger partial charge in [0.05, 0.1) is 0 Å². The topological polar surface area (TPSA) is 74.6 Å². The number of rotatable bonds is 13. The molecule has 4 nitrogen and oxygen atoms in total. The first-order valence-corrected chi connectivity index (χ1v) is 9.08. The molecule has 0 saturated carbocycles. The second kappa shape index (κ2) is 13.0. The van der Waals surface area contributed by atoms with E-state index < -0.39 is 17.4 Å². The van der Waals surface area contributed by atoms with Crippen LogP contribution in [0.15, 0.2) is 30.3 Å². The molecule has 2 N–H and O–H groups in total. The molecular weight excluding hydrogens is 311 g/mol. The largest absolute Gasteiger partial charge is 1.00 e. The van der Waals surface area contributed by atoms with Gasteiger partial charge in [0.25, 0.3) is 0 Å². The van der Waals surface area contributed by atoms with Gasteiger partial charge in [-0.15, -0.1) is 0 Å². The van der Waals surface area contributed by atoms with Crippen LogP contribution in [0.3, 0.4) is 0 Å². The fourth-order valence-electron chi connectivity index (χ4n) is 3.12. The number of carbonyl (C=O) groups is 2. The summed E-state index contributed by atoms with van der Waals surface area (Å²) in [4.78, 5) is 23.5. The molecule has 1 rings (SSSR count). The van der Waals surface area contributed by atoms with Gasteiger partial charge in [-0.3, -0.25) is 9.59 Å². The maximum atomic E-state index is 11.7. The molecule has 1 aromatic carbocycles. The zero-order valence-corrected chi connectivity index (χ0v) is 15.7. The molecule has 0 bridgehead atoms. The van der Waals surface area contributed by atoms with Crippen molar-refractivity contribution in [1.82, 2.24) is 0 Å². The monoisotopic (exact) mass is 342 g/mol. The third kappa shape index (κ3) is 7.26. The molecule has 0 atom stereocenters. The van der Waals surface area contributed by atoms with Crippen LogP contribution in [0, 0.1) is 0 Å². The molecule has 25 heavy (non-hydrogen) atoms. The van der Waals surface area contributed by atoms with Crippen LogP contribution in [0.4, 0.5) is 0 Å². The van der Waals surface area contributed by atoms with Crippen LogP contribution in [-0.4, -0.2) is 22.2 Å². The van der Waals surface area contributed by atoms with E-state index in [4.69, 9.17) is 0 Å². The third-order valence-electron chi connectivity index (χ3n) is 4.65. The summed E-state index contributed by atoms with van der Waals surface area (Å²) in [7, 11) is 0. The van der Waals surface area contributed by atoms with Gasteiger partial charge in [-0.05, 0) is 12.0 Å². The van der Waals surface area contributed by atoms with Gasteiger partial charge in [0.2, 0.25) is 0 Å². The van der Waals surface area contributed by atoms with Crippen LogP contribution < -0.4 is 18.9 Å². The van der Waals surface area contributed by atoms with Crippen LogP contribution in [0.1, 0.15) is 78.1 Å². The van der Waals surface area contributed by atoms with Crippen molar-refractivity contribution in [2.75, 3.05) is 0 Å². The fraction of sp³-hybridized carbons (Fsp3) is 0.600. The molecule has 0 aliphatic heterocycles. The molecule has 0 aromatic heterocycles. The number of carboxylic acids is 2. The molecule has 0 radical (unpaired) electrons. The Bertz CT molecular complexity index is 494. The van der Waals surface area contributed by atoms with Crippen molar-refractivity contribution in [1.29, 1.82) is 0 Å². The molecule has 136 valence electrons. The summed E-state index contributed by atoms with van der Waals surface area (Å²) in [6.45, 7) is 2.20. The van der Waals surface area contributed by atoms with E-state index in [0.29, 0.717) is 12.0 Å². The van der Waals surface area contributed by atoms with Crippen LogP contribution in [0.2, 0.25) is 0 Å². The maximum absolute atomic E-state index is 11.7. The van der Waals surface area contributed by atoms with Crippen LogP contribution in [0.5, 0.6) is 0 Å². The predicted octanol–water partition coefficient (Wildman–Crippen LogP) is 2.13. The first-order chi connectivity index (χ1) is 11.6. The molecule has 0 aliphatic rings. The second-order valence-corrected chi connectivity index (χ2v) is 6.46. The van der Waals surface area contributed by atoms with Crippen molar-refractivity contribution in [3.63, 3.8) is 0 Å². The number of benzene rings is 1. The molecule has 1 aromatic rings. The quantitative estimate of drug-likeness (QED) is 0.327. The average Bonchev–Trinajstić information content (AvgIpc) is 2.57. The molecule has 0 unspecified atom stereocenters. The first kappa shape index (κ1) is 23.8. The van der Waals surface area contributed by atoms with Crippen LogP contribution in [0.25, 0.3) is 0 Å². The fourth-order valence-corrected chi connectivity index (χ4v) is 3.12. The summed E-state index contributed by atoms with van der Waals surface area (Å²) in [6, 6.07) is 8.32. The van der Waals surface area contributed by atoms with Crippen LogP contribution >= 0.6 is 0 Å². The van der Waals surface area contributed by atoms with E-state index in [1.165, 1.54) is 32.1 Å². The Morgan fingerprint density at radius 2 is 1.28 bits per heavy atom. The second-order valence-electron chi connectivity index (χ2n) is 6.46. The van der Waals surface area contributed by atoms with E-state index in [-0.39, 0.29) is 26.7 Å². The predicted molar refractivity (Wildman–Crippen MR) is 96.3 cm³/mol. The third-order valence-corrected chi connectivity index (χ3v) is 4.65. The number of carboxylic acid groups (broad SMARTS) is 2. The van der Waals surface area contributed by atoms with Gasteiger partial charge in [-0.25, -0.2) is 0 Å².